The summed E-state index contributed by atoms with van der Waals surface area (Å²) in [7, 11) is 0. The number of nitrogens with zero attached hydrogens (tertiary/aromatic N) is 1. The van der Waals surface area contributed by atoms with E-state index in [0.29, 0.717) is 0 Å². The molecule has 0 spiro atoms. The van der Waals surface area contributed by atoms with Gasteiger partial charge in [0.25, 0.3) is 0 Å². The summed E-state index contributed by atoms with van der Waals surface area (Å²) in [4.78, 5) is 3.88. The highest BCUT2D eigenvalue weighted by Gasteiger charge is 2.31. The number of rotatable bonds is 0. The Labute approximate surface area is 91.7 Å². The molecule has 0 saturated heterocycles. The summed E-state index contributed by atoms with van der Waals surface area (Å²) in [6.45, 7) is 8.53. The zero-order chi connectivity index (χ0) is 11.5. The van der Waals surface area contributed by atoms with E-state index in [-0.39, 0.29) is 11.2 Å². The molecule has 0 fully saturated rings. The molecular formula is C13H20FN. The second-order valence-corrected chi connectivity index (χ2v) is 4.74. The molecule has 1 heterocycles. The summed E-state index contributed by atoms with van der Waals surface area (Å²) in [5.74, 6) is -0.141. The van der Waals surface area contributed by atoms with Crippen LogP contribution in [-0.4, -0.2) is 4.98 Å². The Kier molecular flexibility index (Phi) is 3.83. The second-order valence-electron chi connectivity index (χ2n) is 4.74. The van der Waals surface area contributed by atoms with E-state index in [1.807, 2.05) is 0 Å². The molecule has 1 aliphatic rings. The minimum absolute atomic E-state index is 0.116. The average molecular weight is 209 g/mol. The van der Waals surface area contributed by atoms with Gasteiger partial charge in [0.2, 0.25) is 0 Å². The number of aromatic nitrogens is 1. The largest absolute Gasteiger partial charge is 0.261 e. The van der Waals surface area contributed by atoms with Crippen molar-refractivity contribution >= 4 is 0 Å². The van der Waals surface area contributed by atoms with Gasteiger partial charge in [-0.25, -0.2) is 4.39 Å². The monoisotopic (exact) mass is 209 g/mol. The predicted octanol–water partition coefficient (Wildman–Crippen LogP) is 3.86. The van der Waals surface area contributed by atoms with Crippen LogP contribution in [0.4, 0.5) is 4.39 Å². The Morgan fingerprint density at radius 1 is 1.33 bits per heavy atom. The Bertz CT molecular complexity index is 331. The minimum atomic E-state index is -0.141. The summed E-state index contributed by atoms with van der Waals surface area (Å²) < 4.78 is 13.2. The van der Waals surface area contributed by atoms with E-state index in [0.717, 1.165) is 24.0 Å². The summed E-state index contributed by atoms with van der Waals surface area (Å²) in [5.41, 5.74) is 2.07. The Morgan fingerprint density at radius 2 is 1.93 bits per heavy atom. The van der Waals surface area contributed by atoms with Gasteiger partial charge in [0.05, 0.1) is 6.20 Å². The van der Waals surface area contributed by atoms with Crippen LogP contribution in [0.5, 0.6) is 0 Å². The first-order valence-electron chi connectivity index (χ1n) is 5.65. The number of halogens is 1. The SMILES string of the molecule is CC1(C)CCc2c(F)cncc21.CCC. The van der Waals surface area contributed by atoms with Crippen LogP contribution in [0.3, 0.4) is 0 Å². The van der Waals surface area contributed by atoms with E-state index in [2.05, 4.69) is 32.7 Å². The maximum atomic E-state index is 13.2. The lowest BCUT2D eigenvalue weighted by atomic mass is 9.88. The van der Waals surface area contributed by atoms with Gasteiger partial charge < -0.3 is 0 Å². The van der Waals surface area contributed by atoms with Gasteiger partial charge in [-0.1, -0.05) is 34.1 Å². The quantitative estimate of drug-likeness (QED) is 0.632. The Hall–Kier alpha value is -0.920. The number of hydrogen-bond donors (Lipinski definition) is 0. The first-order chi connectivity index (χ1) is 7.03. The van der Waals surface area contributed by atoms with Crippen LogP contribution in [0, 0.1) is 5.82 Å². The lowest BCUT2D eigenvalue weighted by Gasteiger charge is -2.17. The standard InChI is InChI=1S/C10H12FN.C3H8/c1-10(2)4-3-7-8(10)5-12-6-9(7)11;1-3-2/h5-6H,3-4H2,1-2H3;3H2,1-2H3. The fraction of sp³-hybridized carbons (Fsp3) is 0.615. The molecule has 2 rings (SSSR count). The van der Waals surface area contributed by atoms with Crippen molar-refractivity contribution in [1.29, 1.82) is 0 Å². The van der Waals surface area contributed by atoms with E-state index in [4.69, 9.17) is 0 Å². The zero-order valence-corrected chi connectivity index (χ0v) is 10.1. The van der Waals surface area contributed by atoms with Crippen molar-refractivity contribution in [2.45, 2.75) is 52.4 Å². The number of pyridine rings is 1. The summed E-state index contributed by atoms with van der Waals surface area (Å²) in [6, 6.07) is 0. The lowest BCUT2D eigenvalue weighted by Crippen LogP contribution is -2.12. The highest BCUT2D eigenvalue weighted by molar-refractivity contribution is 5.36. The molecule has 15 heavy (non-hydrogen) atoms. The topological polar surface area (TPSA) is 12.9 Å². The molecule has 0 atom stereocenters. The van der Waals surface area contributed by atoms with Crippen LogP contribution >= 0.6 is 0 Å². The summed E-state index contributed by atoms with van der Waals surface area (Å²) in [5, 5.41) is 0. The van der Waals surface area contributed by atoms with Gasteiger partial charge in [0, 0.05) is 6.20 Å². The maximum absolute atomic E-state index is 13.2. The molecule has 0 saturated carbocycles. The van der Waals surface area contributed by atoms with E-state index >= 15 is 0 Å². The van der Waals surface area contributed by atoms with Crippen LogP contribution < -0.4 is 0 Å². The maximum Gasteiger partial charge on any atom is 0.144 e. The van der Waals surface area contributed by atoms with Gasteiger partial charge in [0.1, 0.15) is 5.82 Å². The van der Waals surface area contributed by atoms with E-state index < -0.39 is 0 Å². The van der Waals surface area contributed by atoms with Gasteiger partial charge in [-0.2, -0.15) is 0 Å². The van der Waals surface area contributed by atoms with Gasteiger partial charge in [-0.15, -0.1) is 0 Å². The normalized spacial score (nSPS) is 16.6. The van der Waals surface area contributed by atoms with E-state index in [9.17, 15) is 4.39 Å². The molecule has 1 nitrogen and oxygen atoms in total. The van der Waals surface area contributed by atoms with Gasteiger partial charge in [0.15, 0.2) is 0 Å². The second kappa shape index (κ2) is 4.73. The van der Waals surface area contributed by atoms with E-state index in [1.54, 1.807) is 6.20 Å². The van der Waals surface area contributed by atoms with Crippen molar-refractivity contribution in [3.63, 3.8) is 0 Å². The first-order valence-corrected chi connectivity index (χ1v) is 5.65. The third-order valence-corrected chi connectivity index (χ3v) is 2.73. The summed E-state index contributed by atoms with van der Waals surface area (Å²) >= 11 is 0. The molecule has 0 radical (unpaired) electrons. The van der Waals surface area contributed by atoms with Crippen LogP contribution in [-0.2, 0) is 11.8 Å². The molecule has 0 bridgehead atoms. The average Bonchev–Trinajstić information content (AvgIpc) is 2.46. The molecule has 0 aromatic carbocycles. The molecule has 1 aliphatic carbocycles. The minimum Gasteiger partial charge on any atom is -0.261 e. The van der Waals surface area contributed by atoms with Crippen molar-refractivity contribution in [2.75, 3.05) is 0 Å². The fourth-order valence-electron chi connectivity index (χ4n) is 1.87. The van der Waals surface area contributed by atoms with Crippen molar-refractivity contribution in [3.8, 4) is 0 Å². The first kappa shape index (κ1) is 12.2. The third-order valence-electron chi connectivity index (χ3n) is 2.73. The number of hydrogen-bond acceptors (Lipinski definition) is 1. The van der Waals surface area contributed by atoms with Crippen LogP contribution in [0.1, 0.15) is 51.7 Å². The number of fused-ring (bicyclic) bond motifs is 1. The Morgan fingerprint density at radius 3 is 2.47 bits per heavy atom. The van der Waals surface area contributed by atoms with Crippen molar-refractivity contribution in [3.05, 3.63) is 29.3 Å². The molecule has 0 N–H and O–H groups in total. The van der Waals surface area contributed by atoms with Gasteiger partial charge in [-0.05, 0) is 29.4 Å². The zero-order valence-electron chi connectivity index (χ0n) is 10.1. The fourth-order valence-corrected chi connectivity index (χ4v) is 1.87. The third kappa shape index (κ3) is 2.55. The van der Waals surface area contributed by atoms with Gasteiger partial charge >= 0.3 is 0 Å². The highest BCUT2D eigenvalue weighted by atomic mass is 19.1. The van der Waals surface area contributed by atoms with Crippen LogP contribution in [0.15, 0.2) is 12.4 Å². The molecule has 0 unspecified atom stereocenters. The van der Waals surface area contributed by atoms with Crippen LogP contribution in [0.2, 0.25) is 0 Å². The van der Waals surface area contributed by atoms with E-state index in [1.165, 1.54) is 12.6 Å². The Balaban J connectivity index is 0.000000337. The smallest absolute Gasteiger partial charge is 0.144 e. The molecule has 1 aromatic heterocycles. The summed E-state index contributed by atoms with van der Waals surface area (Å²) in [6.07, 6.45) is 6.24. The predicted molar refractivity (Wildman–Crippen MR) is 61.5 cm³/mol. The molecule has 84 valence electrons. The van der Waals surface area contributed by atoms with Gasteiger partial charge in [-0.3, -0.25) is 4.98 Å². The molecule has 2 heteroatoms. The van der Waals surface area contributed by atoms with Crippen LogP contribution in [0.25, 0.3) is 0 Å². The molecule has 1 aromatic rings. The van der Waals surface area contributed by atoms with Crippen molar-refractivity contribution < 1.29 is 4.39 Å². The lowest BCUT2D eigenvalue weighted by molar-refractivity contribution is 0.521. The molecule has 0 aliphatic heterocycles. The molecule has 0 amide bonds. The molecular weight excluding hydrogens is 189 g/mol. The van der Waals surface area contributed by atoms with Crippen molar-refractivity contribution in [1.82, 2.24) is 4.98 Å². The highest BCUT2D eigenvalue weighted by Crippen LogP contribution is 2.38. The van der Waals surface area contributed by atoms with Crippen molar-refractivity contribution in [2.24, 2.45) is 0 Å².